The number of rotatable bonds is 6. The van der Waals surface area contributed by atoms with Gasteiger partial charge >= 0.3 is 0 Å². The van der Waals surface area contributed by atoms with Gasteiger partial charge in [-0.15, -0.1) is 0 Å². The van der Waals surface area contributed by atoms with Crippen molar-refractivity contribution in [2.24, 2.45) is 0 Å². The Bertz CT molecular complexity index is 1190. The molecule has 2 aromatic heterocycles. The van der Waals surface area contributed by atoms with Crippen LogP contribution < -0.4 is 15.6 Å². The Labute approximate surface area is 166 Å². The molecule has 0 aliphatic carbocycles. The summed E-state index contributed by atoms with van der Waals surface area (Å²) in [5.41, 5.74) is 0.910. The van der Waals surface area contributed by atoms with Gasteiger partial charge in [-0.25, -0.2) is 9.67 Å². The monoisotopic (exact) mass is 389 g/mol. The SMILES string of the molecule is CC(Oc1ccccc1)C(=O)NCc1nc2c(cnn2-c2ccccc2)c(=O)[nH]1. The molecule has 0 aliphatic rings. The highest BCUT2D eigenvalue weighted by atomic mass is 16.5. The second-order valence-electron chi connectivity index (χ2n) is 6.43. The van der Waals surface area contributed by atoms with Crippen LogP contribution in [-0.4, -0.2) is 31.8 Å². The number of aromatic nitrogens is 4. The third kappa shape index (κ3) is 4.01. The highest BCUT2D eigenvalue weighted by molar-refractivity contribution is 5.80. The van der Waals surface area contributed by atoms with E-state index in [1.807, 2.05) is 48.5 Å². The molecular weight excluding hydrogens is 370 g/mol. The fourth-order valence-corrected chi connectivity index (χ4v) is 2.88. The molecule has 1 amide bonds. The summed E-state index contributed by atoms with van der Waals surface area (Å²) < 4.78 is 7.20. The van der Waals surface area contributed by atoms with Gasteiger partial charge < -0.3 is 15.0 Å². The molecule has 146 valence electrons. The van der Waals surface area contributed by atoms with Crippen molar-refractivity contribution in [2.45, 2.75) is 19.6 Å². The molecule has 0 aliphatic heterocycles. The molecule has 0 saturated carbocycles. The first-order valence-corrected chi connectivity index (χ1v) is 9.13. The van der Waals surface area contributed by atoms with E-state index in [0.717, 1.165) is 5.69 Å². The van der Waals surface area contributed by atoms with Crippen molar-refractivity contribution in [1.82, 2.24) is 25.1 Å². The Morgan fingerprint density at radius 2 is 1.83 bits per heavy atom. The molecule has 2 aromatic carbocycles. The van der Waals surface area contributed by atoms with Crippen LogP contribution in [0.4, 0.5) is 0 Å². The molecule has 0 radical (unpaired) electrons. The Balaban J connectivity index is 1.51. The molecule has 8 heteroatoms. The maximum Gasteiger partial charge on any atom is 0.262 e. The first-order chi connectivity index (χ1) is 14.1. The predicted octanol–water partition coefficient (Wildman–Crippen LogP) is 2.19. The summed E-state index contributed by atoms with van der Waals surface area (Å²) in [6.07, 6.45) is 0.787. The molecule has 0 fully saturated rings. The van der Waals surface area contributed by atoms with Gasteiger partial charge in [-0.3, -0.25) is 9.59 Å². The summed E-state index contributed by atoms with van der Waals surface area (Å²) in [4.78, 5) is 31.9. The number of nitrogens with zero attached hydrogens (tertiary/aromatic N) is 3. The zero-order valence-electron chi connectivity index (χ0n) is 15.7. The number of carbonyl (C=O) groups is 1. The van der Waals surface area contributed by atoms with Crippen LogP contribution in [0.3, 0.4) is 0 Å². The summed E-state index contributed by atoms with van der Waals surface area (Å²) >= 11 is 0. The van der Waals surface area contributed by atoms with Crippen molar-refractivity contribution in [2.75, 3.05) is 0 Å². The second-order valence-corrected chi connectivity index (χ2v) is 6.43. The van der Waals surface area contributed by atoms with E-state index in [-0.39, 0.29) is 18.0 Å². The van der Waals surface area contributed by atoms with Crippen molar-refractivity contribution < 1.29 is 9.53 Å². The molecule has 1 unspecified atom stereocenters. The molecule has 1 atom stereocenters. The van der Waals surface area contributed by atoms with E-state index < -0.39 is 6.10 Å². The van der Waals surface area contributed by atoms with Crippen LogP contribution >= 0.6 is 0 Å². The predicted molar refractivity (Wildman–Crippen MR) is 108 cm³/mol. The lowest BCUT2D eigenvalue weighted by atomic mass is 10.3. The molecular formula is C21H19N5O3. The Morgan fingerprint density at radius 3 is 2.55 bits per heavy atom. The molecule has 2 N–H and O–H groups in total. The number of ether oxygens (including phenoxy) is 1. The lowest BCUT2D eigenvalue weighted by Crippen LogP contribution is -2.36. The van der Waals surface area contributed by atoms with E-state index in [2.05, 4.69) is 20.4 Å². The van der Waals surface area contributed by atoms with Gasteiger partial charge in [0.15, 0.2) is 11.8 Å². The van der Waals surface area contributed by atoms with Crippen LogP contribution in [0.25, 0.3) is 16.7 Å². The van der Waals surface area contributed by atoms with Crippen molar-refractivity contribution in [1.29, 1.82) is 0 Å². The largest absolute Gasteiger partial charge is 0.481 e. The molecule has 29 heavy (non-hydrogen) atoms. The fraction of sp³-hybridized carbons (Fsp3) is 0.143. The molecule has 0 saturated heterocycles. The summed E-state index contributed by atoms with van der Waals surface area (Å²) in [7, 11) is 0. The van der Waals surface area contributed by atoms with Crippen molar-refractivity contribution in [3.8, 4) is 11.4 Å². The van der Waals surface area contributed by atoms with E-state index in [1.54, 1.807) is 23.7 Å². The summed E-state index contributed by atoms with van der Waals surface area (Å²) in [5, 5.41) is 7.38. The van der Waals surface area contributed by atoms with Crippen LogP contribution in [0.5, 0.6) is 5.75 Å². The van der Waals surface area contributed by atoms with E-state index in [9.17, 15) is 9.59 Å². The maximum absolute atomic E-state index is 12.4. The number of H-pyrrole nitrogens is 1. The molecule has 0 bridgehead atoms. The number of hydrogen-bond acceptors (Lipinski definition) is 5. The van der Waals surface area contributed by atoms with E-state index in [1.165, 1.54) is 6.20 Å². The highest BCUT2D eigenvalue weighted by Gasteiger charge is 2.16. The first-order valence-electron chi connectivity index (χ1n) is 9.13. The molecule has 0 spiro atoms. The molecule has 2 heterocycles. The fourth-order valence-electron chi connectivity index (χ4n) is 2.88. The normalized spacial score (nSPS) is 11.9. The third-order valence-corrected chi connectivity index (χ3v) is 4.34. The standard InChI is InChI=1S/C21H19N5O3/c1-14(29-16-10-6-3-7-11-16)20(27)22-13-18-24-19-17(21(28)25-18)12-23-26(19)15-8-4-2-5-9-15/h2-12,14H,13H2,1H3,(H,22,27)(H,24,25,28). The minimum atomic E-state index is -0.692. The van der Waals surface area contributed by atoms with Crippen LogP contribution in [0.1, 0.15) is 12.7 Å². The van der Waals surface area contributed by atoms with Crippen molar-refractivity contribution >= 4 is 16.9 Å². The second kappa shape index (κ2) is 7.97. The minimum absolute atomic E-state index is 0.0620. The summed E-state index contributed by atoms with van der Waals surface area (Å²) in [5.74, 6) is 0.628. The van der Waals surface area contributed by atoms with E-state index in [0.29, 0.717) is 22.6 Å². The number of carbonyl (C=O) groups excluding carboxylic acids is 1. The van der Waals surface area contributed by atoms with Crippen LogP contribution in [0.2, 0.25) is 0 Å². The highest BCUT2D eigenvalue weighted by Crippen LogP contribution is 2.14. The molecule has 4 rings (SSSR count). The third-order valence-electron chi connectivity index (χ3n) is 4.34. The Kier molecular flexibility index (Phi) is 5.07. The Morgan fingerprint density at radius 1 is 1.14 bits per heavy atom. The van der Waals surface area contributed by atoms with Gasteiger partial charge in [0.2, 0.25) is 0 Å². The number of benzene rings is 2. The van der Waals surface area contributed by atoms with Gasteiger partial charge in [-0.05, 0) is 31.2 Å². The first kappa shape index (κ1) is 18.4. The average molecular weight is 389 g/mol. The Hall–Kier alpha value is -3.94. The molecule has 8 nitrogen and oxygen atoms in total. The summed E-state index contributed by atoms with van der Waals surface area (Å²) in [6, 6.07) is 18.5. The lowest BCUT2D eigenvalue weighted by Gasteiger charge is -2.14. The van der Waals surface area contributed by atoms with Gasteiger partial charge in [0.1, 0.15) is 17.0 Å². The topological polar surface area (TPSA) is 102 Å². The van der Waals surface area contributed by atoms with Crippen LogP contribution in [-0.2, 0) is 11.3 Å². The number of nitrogens with one attached hydrogen (secondary N) is 2. The number of amides is 1. The average Bonchev–Trinajstić information content (AvgIpc) is 3.18. The van der Waals surface area contributed by atoms with E-state index >= 15 is 0 Å². The van der Waals surface area contributed by atoms with Gasteiger partial charge in [0.05, 0.1) is 18.4 Å². The number of para-hydroxylation sites is 2. The maximum atomic E-state index is 12.4. The quantitative estimate of drug-likeness (QED) is 0.526. The van der Waals surface area contributed by atoms with Crippen LogP contribution in [0.15, 0.2) is 71.7 Å². The van der Waals surface area contributed by atoms with Crippen molar-refractivity contribution in [3.63, 3.8) is 0 Å². The van der Waals surface area contributed by atoms with Crippen molar-refractivity contribution in [3.05, 3.63) is 83.0 Å². The van der Waals surface area contributed by atoms with Gasteiger partial charge in [0, 0.05) is 0 Å². The van der Waals surface area contributed by atoms with E-state index in [4.69, 9.17) is 4.74 Å². The smallest absolute Gasteiger partial charge is 0.262 e. The number of aromatic amines is 1. The zero-order valence-corrected chi connectivity index (χ0v) is 15.7. The zero-order chi connectivity index (χ0) is 20.2. The van der Waals surface area contributed by atoms with Gasteiger partial charge in [-0.2, -0.15) is 5.10 Å². The van der Waals surface area contributed by atoms with Crippen LogP contribution in [0, 0.1) is 0 Å². The number of fused-ring (bicyclic) bond motifs is 1. The number of hydrogen-bond donors (Lipinski definition) is 2. The molecule has 4 aromatic rings. The summed E-state index contributed by atoms with van der Waals surface area (Å²) in [6.45, 7) is 1.72. The van der Waals surface area contributed by atoms with Gasteiger partial charge in [0.25, 0.3) is 11.5 Å². The lowest BCUT2D eigenvalue weighted by molar-refractivity contribution is -0.127. The van der Waals surface area contributed by atoms with Gasteiger partial charge in [-0.1, -0.05) is 36.4 Å². The minimum Gasteiger partial charge on any atom is -0.481 e.